The van der Waals surface area contributed by atoms with Gasteiger partial charge in [-0.3, -0.25) is 4.79 Å². The van der Waals surface area contributed by atoms with Gasteiger partial charge < -0.3 is 9.88 Å². The molecule has 2 aromatic carbocycles. The highest BCUT2D eigenvalue weighted by atomic mass is 16.2. The minimum absolute atomic E-state index is 0.169. The summed E-state index contributed by atoms with van der Waals surface area (Å²) >= 11 is 0. The molecule has 0 unspecified atom stereocenters. The average molecular weight is 347 g/mol. The highest BCUT2D eigenvalue weighted by Gasteiger charge is 2.45. The number of carbonyl (C=O) groups is 1. The Morgan fingerprint density at radius 3 is 2.62 bits per heavy atom. The van der Waals surface area contributed by atoms with E-state index in [1.807, 2.05) is 30.1 Å². The van der Waals surface area contributed by atoms with Crippen molar-refractivity contribution >= 4 is 16.9 Å². The van der Waals surface area contributed by atoms with Crippen LogP contribution in [0.5, 0.6) is 0 Å². The Bertz CT molecular complexity index is 925. The summed E-state index contributed by atoms with van der Waals surface area (Å²) < 4.78 is 0. The second kappa shape index (κ2) is 6.60. The molecule has 1 amide bonds. The van der Waals surface area contributed by atoms with E-state index in [0.29, 0.717) is 12.8 Å². The topological polar surface area (TPSA) is 49.0 Å². The monoisotopic (exact) mass is 347 g/mol. The fourth-order valence-corrected chi connectivity index (χ4v) is 3.78. The Morgan fingerprint density at radius 1 is 1.15 bits per heavy atom. The molecule has 1 N–H and O–H groups in total. The SMILES string of the molecule is Cc1cccc2[nH]c(CCC(=O)N(C)CC3(c4ccccc4)CC3)nc12. The molecule has 1 aliphatic carbocycles. The lowest BCUT2D eigenvalue weighted by Gasteiger charge is -2.24. The van der Waals surface area contributed by atoms with Crippen LogP contribution in [0.15, 0.2) is 48.5 Å². The van der Waals surface area contributed by atoms with E-state index in [0.717, 1.165) is 41.8 Å². The first-order valence-electron chi connectivity index (χ1n) is 9.31. The number of benzene rings is 2. The van der Waals surface area contributed by atoms with Gasteiger partial charge in [0.2, 0.25) is 5.91 Å². The van der Waals surface area contributed by atoms with Crippen LogP contribution in [-0.2, 0) is 16.6 Å². The summed E-state index contributed by atoms with van der Waals surface area (Å²) in [5.41, 5.74) is 4.73. The number of H-pyrrole nitrogens is 1. The lowest BCUT2D eigenvalue weighted by Crippen LogP contribution is -2.34. The number of carbonyl (C=O) groups excluding carboxylic acids is 1. The predicted octanol–water partition coefficient (Wildman–Crippen LogP) is 3.99. The van der Waals surface area contributed by atoms with Crippen LogP contribution in [0, 0.1) is 6.92 Å². The van der Waals surface area contributed by atoms with Gasteiger partial charge in [0.25, 0.3) is 0 Å². The second-order valence-corrected chi connectivity index (χ2v) is 7.55. The number of hydrogen-bond acceptors (Lipinski definition) is 2. The minimum atomic E-state index is 0.169. The molecule has 1 aromatic heterocycles. The summed E-state index contributed by atoms with van der Waals surface area (Å²) in [5.74, 6) is 1.07. The smallest absolute Gasteiger partial charge is 0.222 e. The lowest BCUT2D eigenvalue weighted by molar-refractivity contribution is -0.130. The summed E-state index contributed by atoms with van der Waals surface area (Å²) in [6.07, 6.45) is 3.46. The van der Waals surface area contributed by atoms with Crippen LogP contribution in [0.4, 0.5) is 0 Å². The first-order valence-corrected chi connectivity index (χ1v) is 9.31. The van der Waals surface area contributed by atoms with E-state index in [4.69, 9.17) is 0 Å². The maximum absolute atomic E-state index is 12.6. The number of hydrogen-bond donors (Lipinski definition) is 1. The quantitative estimate of drug-likeness (QED) is 0.733. The molecule has 1 aliphatic rings. The van der Waals surface area contributed by atoms with Gasteiger partial charge in [-0.05, 0) is 37.0 Å². The molecule has 1 fully saturated rings. The Hall–Kier alpha value is -2.62. The number of aromatic nitrogens is 2. The Balaban J connectivity index is 1.38. The fraction of sp³-hybridized carbons (Fsp3) is 0.364. The van der Waals surface area contributed by atoms with E-state index in [-0.39, 0.29) is 11.3 Å². The number of aromatic amines is 1. The molecule has 1 saturated carbocycles. The van der Waals surface area contributed by atoms with Crippen molar-refractivity contribution in [2.75, 3.05) is 13.6 Å². The molecule has 0 aliphatic heterocycles. The molecule has 1 heterocycles. The molecule has 0 saturated heterocycles. The van der Waals surface area contributed by atoms with Gasteiger partial charge in [-0.1, -0.05) is 42.5 Å². The van der Waals surface area contributed by atoms with Crippen LogP contribution in [0.2, 0.25) is 0 Å². The standard InChI is InChI=1S/C22H25N3O/c1-16-7-6-10-18-21(16)24-19(23-18)11-12-20(26)25(2)15-22(13-14-22)17-8-4-3-5-9-17/h3-10H,11-15H2,1-2H3,(H,23,24). The van der Waals surface area contributed by atoms with Crippen molar-refractivity contribution in [3.05, 3.63) is 65.5 Å². The maximum Gasteiger partial charge on any atom is 0.222 e. The molecule has 134 valence electrons. The van der Waals surface area contributed by atoms with E-state index in [1.54, 1.807) is 0 Å². The zero-order valence-electron chi connectivity index (χ0n) is 15.5. The number of nitrogens with zero attached hydrogens (tertiary/aromatic N) is 2. The lowest BCUT2D eigenvalue weighted by atomic mass is 9.95. The number of imidazole rings is 1. The zero-order chi connectivity index (χ0) is 18.1. The molecule has 26 heavy (non-hydrogen) atoms. The summed E-state index contributed by atoms with van der Waals surface area (Å²) in [7, 11) is 1.92. The van der Waals surface area contributed by atoms with Crippen molar-refractivity contribution < 1.29 is 4.79 Å². The van der Waals surface area contributed by atoms with Gasteiger partial charge in [0, 0.05) is 31.8 Å². The van der Waals surface area contributed by atoms with Gasteiger partial charge in [0.1, 0.15) is 5.82 Å². The van der Waals surface area contributed by atoms with Crippen molar-refractivity contribution in [2.45, 2.75) is 38.0 Å². The average Bonchev–Trinajstić information content (AvgIpc) is 3.31. The number of likely N-dealkylation sites (N-methyl/N-ethyl adjacent to an activating group) is 1. The minimum Gasteiger partial charge on any atom is -0.345 e. The third-order valence-corrected chi connectivity index (χ3v) is 5.54. The summed E-state index contributed by atoms with van der Waals surface area (Å²) in [5, 5.41) is 0. The number of rotatable bonds is 6. The largest absolute Gasteiger partial charge is 0.345 e. The molecule has 0 atom stereocenters. The predicted molar refractivity (Wildman–Crippen MR) is 104 cm³/mol. The Kier molecular flexibility index (Phi) is 4.27. The van der Waals surface area contributed by atoms with Crippen molar-refractivity contribution in [3.63, 3.8) is 0 Å². The molecule has 0 radical (unpaired) electrons. The molecule has 0 bridgehead atoms. The van der Waals surface area contributed by atoms with Crippen LogP contribution in [0.1, 0.15) is 36.2 Å². The zero-order valence-corrected chi connectivity index (χ0v) is 15.5. The van der Waals surface area contributed by atoms with Gasteiger partial charge in [-0.15, -0.1) is 0 Å². The maximum atomic E-state index is 12.6. The van der Waals surface area contributed by atoms with Crippen molar-refractivity contribution in [3.8, 4) is 0 Å². The number of nitrogens with one attached hydrogen (secondary N) is 1. The molecule has 4 nitrogen and oxygen atoms in total. The summed E-state index contributed by atoms with van der Waals surface area (Å²) in [6.45, 7) is 2.86. The summed E-state index contributed by atoms with van der Waals surface area (Å²) in [6, 6.07) is 16.7. The molecule has 0 spiro atoms. The number of amides is 1. The number of fused-ring (bicyclic) bond motifs is 1. The Morgan fingerprint density at radius 2 is 1.92 bits per heavy atom. The number of para-hydroxylation sites is 1. The van der Waals surface area contributed by atoms with Crippen molar-refractivity contribution in [2.24, 2.45) is 0 Å². The van der Waals surface area contributed by atoms with Gasteiger partial charge in [0.05, 0.1) is 11.0 Å². The highest BCUT2D eigenvalue weighted by molar-refractivity contribution is 5.79. The van der Waals surface area contributed by atoms with Gasteiger partial charge in [-0.25, -0.2) is 4.98 Å². The van der Waals surface area contributed by atoms with E-state index in [2.05, 4.69) is 47.2 Å². The molecular weight excluding hydrogens is 322 g/mol. The first-order chi connectivity index (χ1) is 12.6. The second-order valence-electron chi connectivity index (χ2n) is 7.55. The van der Waals surface area contributed by atoms with Crippen LogP contribution in [-0.4, -0.2) is 34.4 Å². The Labute approximate surface area is 154 Å². The van der Waals surface area contributed by atoms with Crippen LogP contribution in [0.3, 0.4) is 0 Å². The van der Waals surface area contributed by atoms with Crippen molar-refractivity contribution in [1.29, 1.82) is 0 Å². The fourth-order valence-electron chi connectivity index (χ4n) is 3.78. The molecular formula is C22H25N3O. The van der Waals surface area contributed by atoms with Crippen LogP contribution < -0.4 is 0 Å². The molecule has 4 heteroatoms. The number of aryl methyl sites for hydroxylation is 2. The van der Waals surface area contributed by atoms with Crippen molar-refractivity contribution in [1.82, 2.24) is 14.9 Å². The third-order valence-electron chi connectivity index (χ3n) is 5.54. The van der Waals surface area contributed by atoms with E-state index < -0.39 is 0 Å². The normalized spacial score (nSPS) is 15.2. The van der Waals surface area contributed by atoms with E-state index >= 15 is 0 Å². The van der Waals surface area contributed by atoms with Gasteiger partial charge in [-0.2, -0.15) is 0 Å². The summed E-state index contributed by atoms with van der Waals surface area (Å²) in [4.78, 5) is 22.5. The van der Waals surface area contributed by atoms with E-state index in [9.17, 15) is 4.79 Å². The van der Waals surface area contributed by atoms with Gasteiger partial charge >= 0.3 is 0 Å². The van der Waals surface area contributed by atoms with E-state index in [1.165, 1.54) is 5.56 Å². The highest BCUT2D eigenvalue weighted by Crippen LogP contribution is 2.48. The van der Waals surface area contributed by atoms with Gasteiger partial charge in [0.15, 0.2) is 0 Å². The third kappa shape index (κ3) is 3.24. The van der Waals surface area contributed by atoms with Crippen LogP contribution >= 0.6 is 0 Å². The van der Waals surface area contributed by atoms with Crippen LogP contribution in [0.25, 0.3) is 11.0 Å². The first kappa shape index (κ1) is 16.8. The molecule has 4 rings (SSSR count). The molecule has 3 aromatic rings.